The molecule has 0 aliphatic carbocycles. The van der Waals surface area contributed by atoms with Crippen LogP contribution in [0.25, 0.3) is 67.8 Å². The van der Waals surface area contributed by atoms with Gasteiger partial charge in [-0.05, 0) is 54.1 Å². The molecule has 7 aromatic carbocycles. The summed E-state index contributed by atoms with van der Waals surface area (Å²) in [5.74, 6) is 1.57. The number of aromatic nitrogens is 1. The van der Waals surface area contributed by atoms with Crippen molar-refractivity contribution in [3.63, 3.8) is 0 Å². The second-order valence-corrected chi connectivity index (χ2v) is 15.2. The molecule has 1 aliphatic rings. The lowest BCUT2D eigenvalue weighted by atomic mass is 10.0. The predicted molar refractivity (Wildman–Crippen MR) is 218 cm³/mol. The number of nitrogens with one attached hydrogen (secondary N) is 1. The van der Waals surface area contributed by atoms with Gasteiger partial charge in [-0.25, -0.2) is 9.98 Å². The zero-order chi connectivity index (χ0) is 33.5. The molecule has 0 amide bonds. The SMILES string of the molecule is c1ccc(C2=NC(c3ccc4sc5ccc6c7ccc(-n8c9ccccc9c9ccccc98)cc7sc6c5c4c3)=NC(c3ccccc3)N2)cc1. The van der Waals surface area contributed by atoms with Gasteiger partial charge in [0.15, 0.2) is 5.84 Å². The van der Waals surface area contributed by atoms with Crippen molar-refractivity contribution in [2.75, 3.05) is 0 Å². The van der Waals surface area contributed by atoms with Crippen molar-refractivity contribution in [3.8, 4) is 5.69 Å². The van der Waals surface area contributed by atoms with E-state index >= 15 is 0 Å². The van der Waals surface area contributed by atoms with Gasteiger partial charge in [0.1, 0.15) is 12.0 Å². The third-order valence-electron chi connectivity index (χ3n) is 10.1. The zero-order valence-corrected chi connectivity index (χ0v) is 28.9. The van der Waals surface area contributed by atoms with E-state index in [9.17, 15) is 0 Å². The quantitative estimate of drug-likeness (QED) is 0.196. The van der Waals surface area contributed by atoms with Crippen LogP contribution in [0.2, 0.25) is 0 Å². The van der Waals surface area contributed by atoms with E-state index in [1.807, 2.05) is 46.9 Å². The summed E-state index contributed by atoms with van der Waals surface area (Å²) in [6, 6.07) is 56.5. The molecule has 51 heavy (non-hydrogen) atoms. The number of fused-ring (bicyclic) bond motifs is 10. The topological polar surface area (TPSA) is 41.7 Å². The number of thiophene rings is 2. The summed E-state index contributed by atoms with van der Waals surface area (Å²) in [5, 5.41) is 11.3. The molecule has 0 saturated carbocycles. The van der Waals surface area contributed by atoms with Crippen molar-refractivity contribution in [1.29, 1.82) is 0 Å². The molecule has 4 heterocycles. The van der Waals surface area contributed by atoms with Crippen LogP contribution >= 0.6 is 22.7 Å². The molecule has 240 valence electrons. The van der Waals surface area contributed by atoms with Crippen LogP contribution < -0.4 is 5.32 Å². The van der Waals surface area contributed by atoms with Crippen molar-refractivity contribution in [1.82, 2.24) is 9.88 Å². The van der Waals surface area contributed by atoms with Crippen molar-refractivity contribution in [3.05, 3.63) is 174 Å². The largest absolute Gasteiger partial charge is 0.344 e. The summed E-state index contributed by atoms with van der Waals surface area (Å²) >= 11 is 3.75. The lowest BCUT2D eigenvalue weighted by Gasteiger charge is -2.23. The van der Waals surface area contributed by atoms with Crippen LogP contribution in [0.15, 0.2) is 168 Å². The first kappa shape index (κ1) is 28.7. The fourth-order valence-corrected chi connectivity index (χ4v) is 10.1. The van der Waals surface area contributed by atoms with Crippen molar-refractivity contribution < 1.29 is 0 Å². The molecule has 0 fully saturated rings. The van der Waals surface area contributed by atoms with Gasteiger partial charge in [-0.1, -0.05) is 109 Å². The molecule has 1 aliphatic heterocycles. The molecule has 0 bridgehead atoms. The van der Waals surface area contributed by atoms with Gasteiger partial charge >= 0.3 is 0 Å². The number of benzene rings is 7. The highest BCUT2D eigenvalue weighted by atomic mass is 32.1. The second kappa shape index (κ2) is 11.2. The molecule has 1 unspecified atom stereocenters. The standard InChI is InChI=1S/C45H28N4S2/c1-3-11-27(12-4-1)43-46-44(28-13-5-2-6-14-28)48-45(47-43)29-19-23-38-35(25-29)41-39(50-38)24-22-34-33-21-20-30(26-40(33)51-42(34)41)49-36-17-9-7-15-31(36)32-16-8-10-18-37(32)49/h1-26,43H,(H,46,47,48). The number of para-hydroxylation sites is 2. The van der Waals surface area contributed by atoms with Gasteiger partial charge < -0.3 is 9.88 Å². The molecule has 3 aromatic heterocycles. The Morgan fingerprint density at radius 1 is 0.510 bits per heavy atom. The summed E-state index contributed by atoms with van der Waals surface area (Å²) in [6.45, 7) is 0. The molecule has 0 radical (unpaired) electrons. The summed E-state index contributed by atoms with van der Waals surface area (Å²) in [6.07, 6.45) is -0.234. The molecule has 0 saturated heterocycles. The predicted octanol–water partition coefficient (Wildman–Crippen LogP) is 12.0. The average Bonchev–Trinajstić information content (AvgIpc) is 3.87. The number of hydrogen-bond acceptors (Lipinski definition) is 5. The molecule has 0 spiro atoms. The first-order valence-electron chi connectivity index (χ1n) is 17.1. The third-order valence-corrected chi connectivity index (χ3v) is 12.4. The van der Waals surface area contributed by atoms with Crippen LogP contribution in [0.3, 0.4) is 0 Å². The molecular formula is C45H28N4S2. The third kappa shape index (κ3) is 4.50. The molecule has 4 nitrogen and oxygen atoms in total. The van der Waals surface area contributed by atoms with E-state index < -0.39 is 0 Å². The highest BCUT2D eigenvalue weighted by Gasteiger charge is 2.22. The van der Waals surface area contributed by atoms with Crippen LogP contribution in [0.1, 0.15) is 22.9 Å². The van der Waals surface area contributed by atoms with Crippen LogP contribution in [-0.4, -0.2) is 16.2 Å². The van der Waals surface area contributed by atoms with Crippen LogP contribution in [-0.2, 0) is 0 Å². The lowest BCUT2D eigenvalue weighted by Crippen LogP contribution is -2.33. The van der Waals surface area contributed by atoms with E-state index in [0.29, 0.717) is 0 Å². The summed E-state index contributed by atoms with van der Waals surface area (Å²) in [5.41, 5.74) is 6.81. The van der Waals surface area contributed by atoms with Crippen LogP contribution in [0.5, 0.6) is 0 Å². The number of rotatable bonds is 4. The number of amidine groups is 2. The Bertz CT molecular complexity index is 3000. The monoisotopic (exact) mass is 688 g/mol. The minimum atomic E-state index is -0.234. The lowest BCUT2D eigenvalue weighted by molar-refractivity contribution is 0.674. The van der Waals surface area contributed by atoms with Crippen LogP contribution in [0.4, 0.5) is 0 Å². The van der Waals surface area contributed by atoms with Gasteiger partial charge in [0, 0.05) is 67.9 Å². The van der Waals surface area contributed by atoms with Gasteiger partial charge in [0.25, 0.3) is 0 Å². The Labute approximate surface area is 301 Å². The fourth-order valence-electron chi connectivity index (χ4n) is 7.69. The van der Waals surface area contributed by atoms with Gasteiger partial charge in [-0.3, -0.25) is 0 Å². The summed E-state index contributed by atoms with van der Waals surface area (Å²) in [7, 11) is 0. The number of nitrogens with zero attached hydrogens (tertiary/aromatic N) is 3. The van der Waals surface area contributed by atoms with Gasteiger partial charge in [-0.15, -0.1) is 22.7 Å². The Morgan fingerprint density at radius 2 is 1.20 bits per heavy atom. The Hall–Kier alpha value is -6.08. The van der Waals surface area contributed by atoms with Gasteiger partial charge in [0.2, 0.25) is 0 Å². The molecular weight excluding hydrogens is 661 g/mol. The molecule has 1 atom stereocenters. The highest BCUT2D eigenvalue weighted by molar-refractivity contribution is 7.29. The summed E-state index contributed by atoms with van der Waals surface area (Å²) < 4.78 is 7.59. The average molecular weight is 689 g/mol. The maximum atomic E-state index is 5.17. The van der Waals surface area contributed by atoms with E-state index in [4.69, 9.17) is 9.98 Å². The zero-order valence-electron chi connectivity index (χ0n) is 27.2. The number of hydrogen-bond donors (Lipinski definition) is 1. The maximum Gasteiger partial charge on any atom is 0.159 e. The van der Waals surface area contributed by atoms with E-state index in [-0.39, 0.29) is 6.17 Å². The van der Waals surface area contributed by atoms with Crippen LogP contribution in [0, 0.1) is 0 Å². The smallest absolute Gasteiger partial charge is 0.159 e. The minimum absolute atomic E-state index is 0.234. The summed E-state index contributed by atoms with van der Waals surface area (Å²) in [4.78, 5) is 10.3. The van der Waals surface area contributed by atoms with E-state index in [1.165, 1.54) is 67.8 Å². The first-order chi connectivity index (χ1) is 25.3. The number of aliphatic imine (C=N–C) groups is 2. The van der Waals surface area contributed by atoms with E-state index in [2.05, 4.69) is 143 Å². The van der Waals surface area contributed by atoms with Crippen molar-refractivity contribution in [2.45, 2.75) is 6.17 Å². The fraction of sp³-hybridized carbons (Fsp3) is 0.0222. The van der Waals surface area contributed by atoms with Gasteiger partial charge in [0.05, 0.1) is 11.0 Å². The second-order valence-electron chi connectivity index (χ2n) is 13.0. The first-order valence-corrected chi connectivity index (χ1v) is 18.7. The Morgan fingerprint density at radius 3 is 1.98 bits per heavy atom. The van der Waals surface area contributed by atoms with E-state index in [1.54, 1.807) is 0 Å². The van der Waals surface area contributed by atoms with Gasteiger partial charge in [-0.2, -0.15) is 0 Å². The maximum absolute atomic E-state index is 5.17. The van der Waals surface area contributed by atoms with Crippen molar-refractivity contribution >= 4 is 96.5 Å². The Kier molecular flexibility index (Phi) is 6.32. The van der Waals surface area contributed by atoms with Crippen molar-refractivity contribution in [2.24, 2.45) is 9.98 Å². The Balaban J connectivity index is 1.09. The molecule has 6 heteroatoms. The highest BCUT2D eigenvalue weighted by Crippen LogP contribution is 2.45. The normalized spacial score (nSPS) is 14.9. The minimum Gasteiger partial charge on any atom is -0.344 e. The molecule has 1 N–H and O–H groups in total. The van der Waals surface area contributed by atoms with E-state index in [0.717, 1.165) is 28.4 Å². The molecule has 11 rings (SSSR count). The molecule has 10 aromatic rings.